The van der Waals surface area contributed by atoms with E-state index in [0.717, 1.165) is 25.2 Å². The van der Waals surface area contributed by atoms with E-state index in [-0.39, 0.29) is 5.91 Å². The van der Waals surface area contributed by atoms with Crippen molar-refractivity contribution in [1.29, 1.82) is 0 Å². The molecule has 0 saturated heterocycles. The summed E-state index contributed by atoms with van der Waals surface area (Å²) < 4.78 is 0. The Morgan fingerprint density at radius 2 is 1.88 bits per heavy atom. The minimum Gasteiger partial charge on any atom is -0.370 e. The van der Waals surface area contributed by atoms with Gasteiger partial charge in [-0.1, -0.05) is 30.3 Å². The number of nitrogens with one attached hydrogen (secondary N) is 1. The molecule has 1 amide bonds. The number of benzene rings is 1. The number of guanidine groups is 1. The van der Waals surface area contributed by atoms with Gasteiger partial charge in [0.1, 0.15) is 0 Å². The highest BCUT2D eigenvalue weighted by Gasteiger charge is 2.21. The SMILES string of the molecule is NC(=NCCCC(=O)N1Cc2ccccc2C1)NCCc1ccccn1. The van der Waals surface area contributed by atoms with Crippen molar-refractivity contribution in [2.24, 2.45) is 10.7 Å². The first-order valence-electron chi connectivity index (χ1n) is 9.00. The molecular formula is C20H25N5O. The second kappa shape index (κ2) is 8.99. The number of carbonyl (C=O) groups excluding carboxylic acids is 1. The highest BCUT2D eigenvalue weighted by atomic mass is 16.2. The van der Waals surface area contributed by atoms with Gasteiger partial charge in [0.25, 0.3) is 0 Å². The van der Waals surface area contributed by atoms with Gasteiger partial charge in [-0.3, -0.25) is 14.8 Å². The maximum atomic E-state index is 12.3. The van der Waals surface area contributed by atoms with Crippen LogP contribution in [0.5, 0.6) is 0 Å². The van der Waals surface area contributed by atoms with Gasteiger partial charge in [0, 0.05) is 50.9 Å². The van der Waals surface area contributed by atoms with Crippen LogP contribution in [0, 0.1) is 0 Å². The molecule has 1 aromatic carbocycles. The van der Waals surface area contributed by atoms with Gasteiger partial charge in [0.05, 0.1) is 0 Å². The van der Waals surface area contributed by atoms with Crippen LogP contribution in [-0.2, 0) is 24.3 Å². The van der Waals surface area contributed by atoms with Crippen LogP contribution in [0.15, 0.2) is 53.7 Å². The van der Waals surface area contributed by atoms with E-state index in [1.165, 1.54) is 11.1 Å². The molecule has 26 heavy (non-hydrogen) atoms. The summed E-state index contributed by atoms with van der Waals surface area (Å²) in [7, 11) is 0. The van der Waals surface area contributed by atoms with E-state index in [4.69, 9.17) is 5.73 Å². The topological polar surface area (TPSA) is 83.6 Å². The molecule has 136 valence electrons. The molecule has 6 heteroatoms. The summed E-state index contributed by atoms with van der Waals surface area (Å²) in [5.74, 6) is 0.597. The maximum Gasteiger partial charge on any atom is 0.223 e. The van der Waals surface area contributed by atoms with E-state index in [9.17, 15) is 4.79 Å². The predicted molar refractivity (Wildman–Crippen MR) is 102 cm³/mol. The Morgan fingerprint density at radius 1 is 1.15 bits per heavy atom. The van der Waals surface area contributed by atoms with Crippen molar-refractivity contribution in [3.63, 3.8) is 0 Å². The highest BCUT2D eigenvalue weighted by Crippen LogP contribution is 2.22. The number of pyridine rings is 1. The zero-order valence-electron chi connectivity index (χ0n) is 14.9. The number of nitrogens with zero attached hydrogens (tertiary/aromatic N) is 3. The largest absolute Gasteiger partial charge is 0.370 e. The first-order chi connectivity index (χ1) is 12.7. The molecule has 0 saturated carbocycles. The molecule has 0 atom stereocenters. The lowest BCUT2D eigenvalue weighted by molar-refractivity contribution is -0.131. The Morgan fingerprint density at radius 3 is 2.58 bits per heavy atom. The zero-order chi connectivity index (χ0) is 18.2. The molecule has 2 aromatic rings. The van der Waals surface area contributed by atoms with Crippen molar-refractivity contribution < 1.29 is 4.79 Å². The third-order valence-electron chi connectivity index (χ3n) is 4.44. The van der Waals surface area contributed by atoms with Crippen molar-refractivity contribution in [2.45, 2.75) is 32.4 Å². The number of amides is 1. The lowest BCUT2D eigenvalue weighted by Crippen LogP contribution is -2.33. The van der Waals surface area contributed by atoms with E-state index in [0.29, 0.717) is 31.9 Å². The number of carbonyl (C=O) groups is 1. The van der Waals surface area contributed by atoms with Gasteiger partial charge in [-0.15, -0.1) is 0 Å². The molecule has 1 aromatic heterocycles. The molecule has 0 fully saturated rings. The number of aliphatic imine (C=N–C) groups is 1. The summed E-state index contributed by atoms with van der Waals surface area (Å²) in [5.41, 5.74) is 9.38. The molecule has 0 spiro atoms. The van der Waals surface area contributed by atoms with Crippen molar-refractivity contribution in [1.82, 2.24) is 15.2 Å². The Balaban J connectivity index is 1.32. The normalized spacial score (nSPS) is 13.5. The summed E-state index contributed by atoms with van der Waals surface area (Å²) in [5, 5.41) is 3.08. The summed E-state index contributed by atoms with van der Waals surface area (Å²) >= 11 is 0. The van der Waals surface area contributed by atoms with Crippen LogP contribution in [0.1, 0.15) is 29.7 Å². The third kappa shape index (κ3) is 5.05. The number of hydrogen-bond donors (Lipinski definition) is 2. The molecular weight excluding hydrogens is 326 g/mol. The van der Waals surface area contributed by atoms with Gasteiger partial charge < -0.3 is 16.0 Å². The van der Waals surface area contributed by atoms with Gasteiger partial charge in [0.15, 0.2) is 5.96 Å². The molecule has 1 aliphatic heterocycles. The lowest BCUT2D eigenvalue weighted by Gasteiger charge is -2.14. The standard InChI is InChI=1S/C20H25N5O/c21-20(24-13-10-18-8-3-4-11-22-18)23-12-5-9-19(26)25-14-16-6-1-2-7-17(16)15-25/h1-4,6-8,11H,5,9-10,12-15H2,(H3,21,23,24). The fraction of sp³-hybridized carbons (Fsp3) is 0.350. The molecule has 6 nitrogen and oxygen atoms in total. The van der Waals surface area contributed by atoms with Gasteiger partial charge in [-0.05, 0) is 29.7 Å². The first-order valence-corrected chi connectivity index (χ1v) is 9.00. The van der Waals surface area contributed by atoms with E-state index in [2.05, 4.69) is 27.4 Å². The van der Waals surface area contributed by atoms with Crippen LogP contribution in [0.3, 0.4) is 0 Å². The second-order valence-corrected chi connectivity index (χ2v) is 6.39. The van der Waals surface area contributed by atoms with Crippen LogP contribution < -0.4 is 11.1 Å². The average molecular weight is 351 g/mol. The molecule has 0 aliphatic carbocycles. The summed E-state index contributed by atoms with van der Waals surface area (Å²) in [6, 6.07) is 14.1. The number of hydrogen-bond acceptors (Lipinski definition) is 3. The van der Waals surface area contributed by atoms with Crippen LogP contribution >= 0.6 is 0 Å². The summed E-state index contributed by atoms with van der Waals surface area (Å²) in [6.07, 6.45) is 3.78. The maximum absolute atomic E-state index is 12.3. The van der Waals surface area contributed by atoms with E-state index >= 15 is 0 Å². The number of aromatic nitrogens is 1. The van der Waals surface area contributed by atoms with Crippen molar-refractivity contribution in [3.8, 4) is 0 Å². The summed E-state index contributed by atoms with van der Waals surface area (Å²) in [6.45, 7) is 2.68. The van der Waals surface area contributed by atoms with Crippen molar-refractivity contribution >= 4 is 11.9 Å². The quantitative estimate of drug-likeness (QED) is 0.453. The van der Waals surface area contributed by atoms with Gasteiger partial charge in [-0.2, -0.15) is 0 Å². The minimum absolute atomic E-state index is 0.179. The predicted octanol–water partition coefficient (Wildman–Crippen LogP) is 1.85. The Hall–Kier alpha value is -2.89. The fourth-order valence-corrected chi connectivity index (χ4v) is 3.02. The highest BCUT2D eigenvalue weighted by molar-refractivity contribution is 5.78. The third-order valence-corrected chi connectivity index (χ3v) is 4.44. The van der Waals surface area contributed by atoms with E-state index < -0.39 is 0 Å². The van der Waals surface area contributed by atoms with Gasteiger partial charge >= 0.3 is 0 Å². The molecule has 2 heterocycles. The Bertz CT molecular complexity index is 735. The van der Waals surface area contributed by atoms with E-state index in [1.807, 2.05) is 35.2 Å². The van der Waals surface area contributed by atoms with Gasteiger partial charge in [-0.25, -0.2) is 0 Å². The number of nitrogens with two attached hydrogens (primary N) is 1. The molecule has 3 rings (SSSR count). The van der Waals surface area contributed by atoms with Crippen molar-refractivity contribution in [3.05, 3.63) is 65.5 Å². The van der Waals surface area contributed by atoms with Crippen LogP contribution in [0.2, 0.25) is 0 Å². The monoisotopic (exact) mass is 351 g/mol. The van der Waals surface area contributed by atoms with Gasteiger partial charge in [0.2, 0.25) is 5.91 Å². The van der Waals surface area contributed by atoms with E-state index in [1.54, 1.807) is 6.20 Å². The Kier molecular flexibility index (Phi) is 6.19. The summed E-state index contributed by atoms with van der Waals surface area (Å²) in [4.78, 5) is 22.8. The second-order valence-electron chi connectivity index (χ2n) is 6.39. The molecule has 1 aliphatic rings. The molecule has 0 unspecified atom stereocenters. The Labute approximate surface area is 154 Å². The fourth-order valence-electron chi connectivity index (χ4n) is 3.02. The zero-order valence-corrected chi connectivity index (χ0v) is 14.9. The average Bonchev–Trinajstić information content (AvgIpc) is 3.10. The minimum atomic E-state index is 0.179. The first kappa shape index (κ1) is 17.9. The van der Waals surface area contributed by atoms with Crippen LogP contribution in [0.25, 0.3) is 0 Å². The molecule has 0 radical (unpaired) electrons. The van der Waals surface area contributed by atoms with Crippen LogP contribution in [-0.4, -0.2) is 34.8 Å². The molecule has 0 bridgehead atoms. The molecule has 3 N–H and O–H groups in total. The van der Waals surface area contributed by atoms with Crippen molar-refractivity contribution in [2.75, 3.05) is 13.1 Å². The van der Waals surface area contributed by atoms with Crippen LogP contribution in [0.4, 0.5) is 0 Å². The number of rotatable bonds is 7. The lowest BCUT2D eigenvalue weighted by atomic mass is 10.1. The smallest absolute Gasteiger partial charge is 0.223 e. The number of fused-ring (bicyclic) bond motifs is 1.